The molecule has 0 aliphatic heterocycles. The topological polar surface area (TPSA) is 147 Å². The number of carbonyl (C=O) groups is 4. The standard InChI is InChI=1S/C34H51N5O6/c1-33(2,3)44-31(42)38-27(23-25-15-9-7-10-16-25)29(40)36-21-13-19-35-20-14-22-37-30(41)28(24-26-17-11-8-12-18-26)39-32(43)45-34(4,5)6/h7-12,15-18,27-28,35H,13-14,19-24H2,1-6H3,(H,36,40)(H,37,41)(H,38,42)(H,39,43)/t27-,28-/m1/s1. The van der Waals surface area contributed by atoms with E-state index in [-0.39, 0.29) is 11.8 Å². The van der Waals surface area contributed by atoms with E-state index in [1.54, 1.807) is 41.5 Å². The third-order valence-electron chi connectivity index (χ3n) is 6.24. The van der Waals surface area contributed by atoms with Crippen molar-refractivity contribution in [3.63, 3.8) is 0 Å². The Kier molecular flexibility index (Phi) is 15.3. The van der Waals surface area contributed by atoms with Crippen LogP contribution in [0.3, 0.4) is 0 Å². The van der Waals surface area contributed by atoms with Crippen LogP contribution in [0.15, 0.2) is 60.7 Å². The number of nitrogens with one attached hydrogen (secondary N) is 5. The summed E-state index contributed by atoms with van der Waals surface area (Å²) in [4.78, 5) is 50.5. The number of carbonyl (C=O) groups excluding carboxylic acids is 4. The smallest absolute Gasteiger partial charge is 0.408 e. The summed E-state index contributed by atoms with van der Waals surface area (Å²) in [6, 6.07) is 17.4. The molecule has 0 unspecified atom stereocenters. The Morgan fingerprint density at radius 3 is 1.27 bits per heavy atom. The van der Waals surface area contributed by atoms with E-state index in [0.29, 0.717) is 51.9 Å². The van der Waals surface area contributed by atoms with Gasteiger partial charge in [-0.05, 0) is 78.6 Å². The fraction of sp³-hybridized carbons (Fsp3) is 0.529. The van der Waals surface area contributed by atoms with E-state index in [4.69, 9.17) is 9.47 Å². The molecule has 0 saturated heterocycles. The maximum absolute atomic E-state index is 12.9. The molecule has 2 aromatic carbocycles. The molecule has 0 aliphatic rings. The van der Waals surface area contributed by atoms with Crippen LogP contribution in [0.5, 0.6) is 0 Å². The van der Waals surface area contributed by atoms with Crippen molar-refractivity contribution in [3.05, 3.63) is 71.8 Å². The molecule has 11 heteroatoms. The minimum absolute atomic E-state index is 0.280. The number of alkyl carbamates (subject to hydrolysis) is 2. The number of ether oxygens (including phenoxy) is 2. The van der Waals surface area contributed by atoms with Gasteiger partial charge in [0, 0.05) is 25.9 Å². The quantitative estimate of drug-likeness (QED) is 0.178. The number of amides is 4. The first-order valence-electron chi connectivity index (χ1n) is 15.5. The van der Waals surface area contributed by atoms with Crippen LogP contribution in [-0.4, -0.2) is 73.5 Å². The Morgan fingerprint density at radius 2 is 0.933 bits per heavy atom. The minimum Gasteiger partial charge on any atom is -0.444 e. The van der Waals surface area contributed by atoms with Crippen molar-refractivity contribution in [2.45, 2.75) is 90.5 Å². The highest BCUT2D eigenvalue weighted by molar-refractivity contribution is 5.86. The fourth-order valence-corrected chi connectivity index (χ4v) is 4.24. The Labute approximate surface area is 267 Å². The van der Waals surface area contributed by atoms with E-state index in [0.717, 1.165) is 11.1 Å². The molecule has 11 nitrogen and oxygen atoms in total. The van der Waals surface area contributed by atoms with Gasteiger partial charge in [-0.3, -0.25) is 9.59 Å². The van der Waals surface area contributed by atoms with Crippen LogP contribution in [0.4, 0.5) is 9.59 Å². The molecule has 45 heavy (non-hydrogen) atoms. The number of benzene rings is 2. The first-order valence-corrected chi connectivity index (χ1v) is 15.5. The first-order chi connectivity index (χ1) is 21.2. The van der Waals surface area contributed by atoms with E-state index in [2.05, 4.69) is 26.6 Å². The van der Waals surface area contributed by atoms with Crippen molar-refractivity contribution in [3.8, 4) is 0 Å². The second kappa shape index (κ2) is 18.6. The lowest BCUT2D eigenvalue weighted by Crippen LogP contribution is -2.49. The predicted octanol–water partition coefficient (Wildman–Crippen LogP) is 3.86. The highest BCUT2D eigenvalue weighted by Crippen LogP contribution is 2.10. The molecule has 0 radical (unpaired) electrons. The molecule has 0 fully saturated rings. The van der Waals surface area contributed by atoms with Crippen LogP contribution in [0.2, 0.25) is 0 Å². The van der Waals surface area contributed by atoms with E-state index < -0.39 is 35.5 Å². The van der Waals surface area contributed by atoms with Crippen molar-refractivity contribution in [2.75, 3.05) is 26.2 Å². The van der Waals surface area contributed by atoms with Crippen LogP contribution in [-0.2, 0) is 31.9 Å². The van der Waals surface area contributed by atoms with Gasteiger partial charge in [0.05, 0.1) is 0 Å². The maximum atomic E-state index is 12.9. The molecular formula is C34H51N5O6. The summed E-state index contributed by atoms with van der Waals surface area (Å²) in [7, 11) is 0. The van der Waals surface area contributed by atoms with E-state index in [9.17, 15) is 19.2 Å². The Bertz CT molecular complexity index is 1100. The summed E-state index contributed by atoms with van der Waals surface area (Å²) in [5.41, 5.74) is 0.504. The molecule has 0 saturated carbocycles. The number of hydrogen-bond donors (Lipinski definition) is 5. The summed E-state index contributed by atoms with van der Waals surface area (Å²) < 4.78 is 10.7. The van der Waals surface area contributed by atoms with Gasteiger partial charge in [0.15, 0.2) is 0 Å². The Hall–Kier alpha value is -4.12. The second-order valence-electron chi connectivity index (χ2n) is 12.8. The van der Waals surface area contributed by atoms with Gasteiger partial charge in [0.25, 0.3) is 0 Å². The largest absolute Gasteiger partial charge is 0.444 e. The van der Waals surface area contributed by atoms with Gasteiger partial charge in [-0.25, -0.2) is 9.59 Å². The fourth-order valence-electron chi connectivity index (χ4n) is 4.24. The van der Waals surface area contributed by atoms with Crippen molar-refractivity contribution < 1.29 is 28.7 Å². The molecule has 2 rings (SSSR count). The monoisotopic (exact) mass is 625 g/mol. The molecule has 2 aromatic rings. The van der Waals surface area contributed by atoms with Crippen LogP contribution in [0.1, 0.15) is 65.5 Å². The zero-order chi connectivity index (χ0) is 33.3. The summed E-state index contributed by atoms with van der Waals surface area (Å²) in [6.45, 7) is 12.8. The van der Waals surface area contributed by atoms with Crippen molar-refractivity contribution >= 4 is 24.0 Å². The molecule has 248 valence electrons. The van der Waals surface area contributed by atoms with Gasteiger partial charge >= 0.3 is 12.2 Å². The highest BCUT2D eigenvalue weighted by atomic mass is 16.6. The zero-order valence-electron chi connectivity index (χ0n) is 27.5. The van der Waals surface area contributed by atoms with E-state index >= 15 is 0 Å². The SMILES string of the molecule is CC(C)(C)OC(=O)N[C@H](Cc1ccccc1)C(=O)NCCCNCCCNC(=O)[C@@H](Cc1ccccc1)NC(=O)OC(C)(C)C. The third kappa shape index (κ3) is 17.1. The lowest BCUT2D eigenvalue weighted by atomic mass is 10.1. The van der Waals surface area contributed by atoms with Crippen LogP contribution in [0, 0.1) is 0 Å². The Balaban J connectivity index is 1.72. The van der Waals surface area contributed by atoms with E-state index in [1.807, 2.05) is 60.7 Å². The first kappa shape index (κ1) is 37.1. The Morgan fingerprint density at radius 1 is 0.578 bits per heavy atom. The molecule has 5 N–H and O–H groups in total. The van der Waals surface area contributed by atoms with Crippen LogP contribution < -0.4 is 26.6 Å². The zero-order valence-corrected chi connectivity index (χ0v) is 27.5. The number of rotatable bonds is 16. The molecule has 0 bridgehead atoms. The molecular weight excluding hydrogens is 574 g/mol. The lowest BCUT2D eigenvalue weighted by Gasteiger charge is -2.23. The molecule has 0 aromatic heterocycles. The van der Waals surface area contributed by atoms with Crippen molar-refractivity contribution in [1.29, 1.82) is 0 Å². The van der Waals surface area contributed by atoms with Crippen LogP contribution >= 0.6 is 0 Å². The van der Waals surface area contributed by atoms with E-state index in [1.165, 1.54) is 0 Å². The summed E-state index contributed by atoms with van der Waals surface area (Å²) in [5, 5.41) is 14.5. The lowest BCUT2D eigenvalue weighted by molar-refractivity contribution is -0.123. The van der Waals surface area contributed by atoms with Crippen molar-refractivity contribution in [2.24, 2.45) is 0 Å². The second-order valence-corrected chi connectivity index (χ2v) is 12.8. The molecule has 4 amide bonds. The van der Waals surface area contributed by atoms with Crippen LogP contribution in [0.25, 0.3) is 0 Å². The molecule has 0 heterocycles. The summed E-state index contributed by atoms with van der Waals surface area (Å²) in [6.07, 6.45) is 0.770. The third-order valence-corrected chi connectivity index (χ3v) is 6.24. The maximum Gasteiger partial charge on any atom is 0.408 e. The average molecular weight is 626 g/mol. The number of hydrogen-bond acceptors (Lipinski definition) is 7. The predicted molar refractivity (Wildman–Crippen MR) is 175 cm³/mol. The van der Waals surface area contributed by atoms with Gasteiger partial charge in [-0.15, -0.1) is 0 Å². The molecule has 0 spiro atoms. The molecule has 2 atom stereocenters. The normalized spacial score (nSPS) is 12.8. The van der Waals surface area contributed by atoms with Gasteiger partial charge < -0.3 is 36.1 Å². The minimum atomic E-state index is -0.769. The average Bonchev–Trinajstić information content (AvgIpc) is 2.94. The van der Waals surface area contributed by atoms with Gasteiger partial charge in [-0.1, -0.05) is 60.7 Å². The van der Waals surface area contributed by atoms with Gasteiger partial charge in [0.2, 0.25) is 11.8 Å². The van der Waals surface area contributed by atoms with Crippen molar-refractivity contribution in [1.82, 2.24) is 26.6 Å². The highest BCUT2D eigenvalue weighted by Gasteiger charge is 2.26. The summed E-state index contributed by atoms with van der Waals surface area (Å²) in [5.74, 6) is -0.560. The summed E-state index contributed by atoms with van der Waals surface area (Å²) >= 11 is 0. The molecule has 0 aliphatic carbocycles. The van der Waals surface area contributed by atoms with Gasteiger partial charge in [-0.2, -0.15) is 0 Å². The van der Waals surface area contributed by atoms with Gasteiger partial charge in [0.1, 0.15) is 23.3 Å².